The van der Waals surface area contributed by atoms with Crippen LogP contribution < -0.4 is 0 Å². The fourth-order valence-electron chi connectivity index (χ4n) is 5.50. The molecule has 3 unspecified atom stereocenters. The van der Waals surface area contributed by atoms with Gasteiger partial charge in [0.15, 0.2) is 11.6 Å². The maximum absolute atomic E-state index is 14.3. The lowest BCUT2D eigenvalue weighted by Gasteiger charge is -2.55. The average molecular weight is 465 g/mol. The Morgan fingerprint density at radius 1 is 0.971 bits per heavy atom. The molecule has 0 aromatic rings. The summed E-state index contributed by atoms with van der Waals surface area (Å²) in [6, 6.07) is 0. The third-order valence-electron chi connectivity index (χ3n) is 7.49. The molecule has 2 rings (SSSR count). The van der Waals surface area contributed by atoms with Crippen molar-refractivity contribution in [2.45, 2.75) is 81.1 Å². The molecule has 3 nitrogen and oxygen atoms in total. The summed E-state index contributed by atoms with van der Waals surface area (Å²) in [5, 5.41) is 0. The summed E-state index contributed by atoms with van der Waals surface area (Å²) in [6.07, 6.45) is 13.0. The monoisotopic (exact) mass is 464 g/mol. The Bertz CT molecular complexity index is 988. The third kappa shape index (κ3) is 5.45. The highest BCUT2D eigenvalue weighted by atomic mass is 16.5. The number of carbonyl (C=O) groups is 2. The Morgan fingerprint density at radius 2 is 1.53 bits per heavy atom. The van der Waals surface area contributed by atoms with Crippen LogP contribution in [0.5, 0.6) is 0 Å². The Hall–Kier alpha value is -2.42. The number of allylic oxidation sites excluding steroid dienone is 11. The van der Waals surface area contributed by atoms with Gasteiger partial charge in [-0.05, 0) is 91.6 Å². The van der Waals surface area contributed by atoms with Crippen LogP contribution in [0.25, 0.3) is 0 Å². The molecular formula is C31H44O3. The van der Waals surface area contributed by atoms with Crippen molar-refractivity contribution < 1.29 is 14.3 Å². The van der Waals surface area contributed by atoms with Crippen molar-refractivity contribution in [3.63, 3.8) is 0 Å². The second kappa shape index (κ2) is 10.9. The lowest BCUT2D eigenvalue weighted by Crippen LogP contribution is -2.60. The molecule has 0 N–H and O–H groups in total. The number of fused-ring (bicyclic) bond motifs is 2. The van der Waals surface area contributed by atoms with Gasteiger partial charge in [0.1, 0.15) is 5.76 Å². The van der Waals surface area contributed by atoms with Gasteiger partial charge in [-0.2, -0.15) is 0 Å². The van der Waals surface area contributed by atoms with Crippen molar-refractivity contribution in [1.29, 1.82) is 0 Å². The van der Waals surface area contributed by atoms with Crippen molar-refractivity contribution in [2.75, 3.05) is 7.11 Å². The molecule has 3 heteroatoms. The van der Waals surface area contributed by atoms with E-state index in [0.717, 1.165) is 17.6 Å². The van der Waals surface area contributed by atoms with Crippen molar-refractivity contribution in [1.82, 2.24) is 0 Å². The van der Waals surface area contributed by atoms with Gasteiger partial charge in [-0.15, -0.1) is 0 Å². The molecule has 1 saturated carbocycles. The number of hydrogen-bond acceptors (Lipinski definition) is 3. The third-order valence-corrected chi connectivity index (χ3v) is 7.49. The van der Waals surface area contributed by atoms with E-state index in [1.807, 2.05) is 32.9 Å². The van der Waals surface area contributed by atoms with Gasteiger partial charge < -0.3 is 4.74 Å². The topological polar surface area (TPSA) is 43.4 Å². The van der Waals surface area contributed by atoms with E-state index < -0.39 is 16.7 Å². The minimum absolute atomic E-state index is 0.0254. The molecule has 0 saturated heterocycles. The quantitative estimate of drug-likeness (QED) is 0.198. The molecule has 1 fully saturated rings. The molecule has 0 aromatic heterocycles. The van der Waals surface area contributed by atoms with Crippen LogP contribution in [-0.4, -0.2) is 18.7 Å². The van der Waals surface area contributed by atoms with E-state index in [0.29, 0.717) is 30.6 Å². The summed E-state index contributed by atoms with van der Waals surface area (Å²) in [6.45, 7) is 20.5. The molecule has 2 aliphatic carbocycles. The molecule has 34 heavy (non-hydrogen) atoms. The van der Waals surface area contributed by atoms with Crippen LogP contribution >= 0.6 is 0 Å². The van der Waals surface area contributed by atoms with E-state index in [4.69, 9.17) is 4.74 Å². The number of carbonyl (C=O) groups excluding carboxylic acids is 2. The first kappa shape index (κ1) is 27.8. The van der Waals surface area contributed by atoms with Gasteiger partial charge >= 0.3 is 0 Å². The maximum Gasteiger partial charge on any atom is 0.177 e. The highest BCUT2D eigenvalue weighted by Crippen LogP contribution is 2.61. The fourth-order valence-corrected chi connectivity index (χ4v) is 5.50. The van der Waals surface area contributed by atoms with Crippen molar-refractivity contribution in [3.8, 4) is 0 Å². The van der Waals surface area contributed by atoms with Crippen molar-refractivity contribution in [3.05, 3.63) is 70.6 Å². The van der Waals surface area contributed by atoms with E-state index in [2.05, 4.69) is 59.4 Å². The highest BCUT2D eigenvalue weighted by Gasteiger charge is 2.64. The van der Waals surface area contributed by atoms with Gasteiger partial charge in [0, 0.05) is 0 Å². The second-order valence-electron chi connectivity index (χ2n) is 11.3. The van der Waals surface area contributed by atoms with Crippen LogP contribution in [-0.2, 0) is 14.3 Å². The number of methoxy groups -OCH3 is 1. The second-order valence-corrected chi connectivity index (χ2v) is 11.3. The summed E-state index contributed by atoms with van der Waals surface area (Å²) in [5.41, 5.74) is 3.70. The average Bonchev–Trinajstić information content (AvgIpc) is 2.73. The zero-order chi connectivity index (χ0) is 25.8. The summed E-state index contributed by atoms with van der Waals surface area (Å²) in [7, 11) is 1.59. The smallest absolute Gasteiger partial charge is 0.177 e. The molecule has 0 radical (unpaired) electrons. The van der Waals surface area contributed by atoms with Crippen LogP contribution in [0.4, 0.5) is 0 Å². The first-order chi connectivity index (χ1) is 15.8. The normalized spacial score (nSPS) is 28.6. The van der Waals surface area contributed by atoms with Gasteiger partial charge in [-0.3, -0.25) is 9.59 Å². The maximum atomic E-state index is 14.3. The molecule has 2 aliphatic rings. The zero-order valence-electron chi connectivity index (χ0n) is 22.8. The number of ether oxygens (including phenoxy) is 1. The summed E-state index contributed by atoms with van der Waals surface area (Å²) < 4.78 is 5.94. The van der Waals surface area contributed by atoms with Crippen LogP contribution in [0.2, 0.25) is 0 Å². The summed E-state index contributed by atoms with van der Waals surface area (Å²) in [5.74, 6) is -0.0787. The number of hydrogen-bond donors (Lipinski definition) is 0. The first-order valence-electron chi connectivity index (χ1n) is 12.4. The molecule has 0 spiro atoms. The van der Waals surface area contributed by atoms with Crippen molar-refractivity contribution >= 4 is 11.6 Å². The zero-order valence-corrected chi connectivity index (χ0v) is 22.8. The molecular weight excluding hydrogens is 420 g/mol. The van der Waals surface area contributed by atoms with Gasteiger partial charge in [0.2, 0.25) is 0 Å². The predicted molar refractivity (Wildman–Crippen MR) is 142 cm³/mol. The van der Waals surface area contributed by atoms with Crippen LogP contribution in [0.1, 0.15) is 81.1 Å². The number of Topliss-reactive ketones (excluding diaryl/α,β-unsaturated/α-hetero) is 2. The number of ketones is 2. The molecule has 0 aromatic carbocycles. The Kier molecular flexibility index (Phi) is 8.91. The van der Waals surface area contributed by atoms with E-state index >= 15 is 0 Å². The lowest BCUT2D eigenvalue weighted by molar-refractivity contribution is -0.157. The molecule has 4 atom stereocenters. The minimum atomic E-state index is -0.829. The SMILES string of the molecule is C=C(C)/C=C/C1=C(OC)[C@@]2(CC=C(C)C)CC(CC=C(C)C)C(C)(CC=C(C)C)C(C1=O)C2=O. The van der Waals surface area contributed by atoms with Gasteiger partial charge in [0.05, 0.1) is 24.0 Å². The van der Waals surface area contributed by atoms with E-state index in [9.17, 15) is 9.59 Å². The lowest BCUT2D eigenvalue weighted by atomic mass is 9.46. The predicted octanol–water partition coefficient (Wildman–Crippen LogP) is 7.87. The summed E-state index contributed by atoms with van der Waals surface area (Å²) >= 11 is 0. The van der Waals surface area contributed by atoms with Gasteiger partial charge in [-0.25, -0.2) is 0 Å². The standard InChI is InChI=1S/C31H44O3/c1-20(2)11-13-24-19-31(18-16-23(7)8)28(33)26(30(24,9)17-15-22(5)6)27(32)25(29(31)34-10)14-12-21(3)4/h11-12,14-16,24,26H,3,13,17-19H2,1-2,4-10H3/b14-12+/t24?,26?,30?,31-/m0/s1. The van der Waals surface area contributed by atoms with Gasteiger partial charge in [0.25, 0.3) is 0 Å². The molecule has 186 valence electrons. The van der Waals surface area contributed by atoms with E-state index in [1.165, 1.54) is 11.1 Å². The summed E-state index contributed by atoms with van der Waals surface area (Å²) in [4.78, 5) is 28.4. The largest absolute Gasteiger partial charge is 0.499 e. The van der Waals surface area contributed by atoms with E-state index in [-0.39, 0.29) is 17.5 Å². The van der Waals surface area contributed by atoms with Gasteiger partial charge in [-0.1, -0.05) is 60.1 Å². The molecule has 0 amide bonds. The Balaban J connectivity index is 2.87. The minimum Gasteiger partial charge on any atom is -0.499 e. The van der Waals surface area contributed by atoms with E-state index in [1.54, 1.807) is 7.11 Å². The van der Waals surface area contributed by atoms with Crippen LogP contribution in [0.3, 0.4) is 0 Å². The van der Waals surface area contributed by atoms with Crippen LogP contribution in [0.15, 0.2) is 70.6 Å². The Labute approximate surface area is 207 Å². The van der Waals surface area contributed by atoms with Crippen molar-refractivity contribution in [2.24, 2.45) is 22.7 Å². The molecule has 2 bridgehead atoms. The highest BCUT2D eigenvalue weighted by molar-refractivity contribution is 6.18. The first-order valence-corrected chi connectivity index (χ1v) is 12.4. The molecule has 0 heterocycles. The number of rotatable bonds is 9. The molecule has 0 aliphatic heterocycles. The Morgan fingerprint density at radius 3 is 2.03 bits per heavy atom. The van der Waals surface area contributed by atoms with Crippen LogP contribution in [0, 0.1) is 22.7 Å². The fraction of sp³-hybridized carbons (Fsp3) is 0.548.